The Hall–Kier alpha value is -2.73. The summed E-state index contributed by atoms with van der Waals surface area (Å²) in [6, 6.07) is 7.72. The van der Waals surface area contributed by atoms with Crippen molar-refractivity contribution in [2.24, 2.45) is 0 Å². The zero-order chi connectivity index (χ0) is 16.7. The van der Waals surface area contributed by atoms with Crippen molar-refractivity contribution in [1.82, 2.24) is 15.0 Å². The smallest absolute Gasteiger partial charge is 0.226 e. The van der Waals surface area contributed by atoms with Crippen molar-refractivity contribution in [1.29, 1.82) is 0 Å². The lowest BCUT2D eigenvalue weighted by Crippen LogP contribution is -2.12. The Bertz CT molecular complexity index is 1060. The Labute approximate surface area is 142 Å². The van der Waals surface area contributed by atoms with Crippen LogP contribution in [-0.4, -0.2) is 27.3 Å². The van der Waals surface area contributed by atoms with Crippen molar-refractivity contribution in [2.45, 2.75) is 13.8 Å². The number of ketones is 1. The van der Waals surface area contributed by atoms with Crippen LogP contribution in [0.3, 0.4) is 0 Å². The van der Waals surface area contributed by atoms with E-state index in [9.17, 15) is 4.79 Å². The van der Waals surface area contributed by atoms with Gasteiger partial charge >= 0.3 is 0 Å². The number of aromatic nitrogens is 3. The second-order valence-corrected chi connectivity index (χ2v) is 6.81. The number of nitrogens with zero attached hydrogens (tertiary/aromatic N) is 2. The predicted octanol–water partition coefficient (Wildman–Crippen LogP) is 4.05. The van der Waals surface area contributed by atoms with Gasteiger partial charge in [-0.3, -0.25) is 4.79 Å². The average molecular weight is 337 g/mol. The molecule has 0 atom stereocenters. The summed E-state index contributed by atoms with van der Waals surface area (Å²) < 4.78 is 5.74. The first kappa shape index (κ1) is 14.8. The van der Waals surface area contributed by atoms with Gasteiger partial charge < -0.3 is 9.72 Å². The van der Waals surface area contributed by atoms with E-state index < -0.39 is 0 Å². The van der Waals surface area contributed by atoms with Gasteiger partial charge in [0.15, 0.2) is 6.61 Å². The first-order valence-corrected chi connectivity index (χ1v) is 8.39. The number of hydrogen-bond donors (Lipinski definition) is 1. The van der Waals surface area contributed by atoms with E-state index in [0.29, 0.717) is 11.4 Å². The van der Waals surface area contributed by atoms with Crippen LogP contribution in [0.4, 0.5) is 0 Å². The number of para-hydroxylation sites is 1. The van der Waals surface area contributed by atoms with E-state index in [1.54, 1.807) is 17.5 Å². The van der Waals surface area contributed by atoms with Gasteiger partial charge in [-0.15, -0.1) is 11.3 Å². The molecule has 0 radical (unpaired) electrons. The Morgan fingerprint density at radius 1 is 1.25 bits per heavy atom. The average Bonchev–Trinajstić information content (AvgIpc) is 3.15. The lowest BCUT2D eigenvalue weighted by molar-refractivity contribution is 0.0921. The molecule has 1 N–H and O–H groups in total. The summed E-state index contributed by atoms with van der Waals surface area (Å²) in [5.74, 6) is 0.388. The van der Waals surface area contributed by atoms with Gasteiger partial charge in [-0.1, -0.05) is 18.2 Å². The van der Waals surface area contributed by atoms with Gasteiger partial charge in [-0.25, -0.2) is 9.97 Å². The van der Waals surface area contributed by atoms with E-state index in [1.807, 2.05) is 38.1 Å². The van der Waals surface area contributed by atoms with Crippen molar-refractivity contribution in [3.05, 3.63) is 52.8 Å². The molecule has 0 amide bonds. The number of carbonyl (C=O) groups excluding carboxylic acids is 1. The summed E-state index contributed by atoms with van der Waals surface area (Å²) in [5, 5.41) is 1.80. The quantitative estimate of drug-likeness (QED) is 0.570. The number of ether oxygens (including phenoxy) is 1. The molecule has 4 aromatic rings. The molecular formula is C18H15N3O2S. The van der Waals surface area contributed by atoms with Crippen LogP contribution < -0.4 is 4.74 Å². The number of rotatable bonds is 4. The third-order valence-corrected chi connectivity index (χ3v) is 5.28. The highest BCUT2D eigenvalue weighted by Gasteiger charge is 2.16. The van der Waals surface area contributed by atoms with Crippen LogP contribution in [0.2, 0.25) is 0 Å². The first-order valence-electron chi connectivity index (χ1n) is 7.58. The number of nitrogens with one attached hydrogen (secondary N) is 1. The number of aromatic amines is 1. The fourth-order valence-electron chi connectivity index (χ4n) is 2.77. The highest BCUT2D eigenvalue weighted by atomic mass is 32.1. The standard InChI is InChI=1S/C18H15N3O2S/c1-10-11(2)24-18-16(10)17(20-9-21-18)23-8-15(22)13-7-19-14-6-4-3-5-12(13)14/h3-7,9,19H,8H2,1-2H3. The molecule has 4 rings (SSSR count). The number of benzene rings is 1. The third kappa shape index (κ3) is 2.35. The minimum absolute atomic E-state index is 0.0533. The first-order chi connectivity index (χ1) is 11.6. The van der Waals surface area contributed by atoms with E-state index in [0.717, 1.165) is 26.7 Å². The van der Waals surface area contributed by atoms with Crippen molar-refractivity contribution < 1.29 is 9.53 Å². The highest BCUT2D eigenvalue weighted by molar-refractivity contribution is 7.18. The molecule has 0 saturated heterocycles. The van der Waals surface area contributed by atoms with Crippen molar-refractivity contribution >= 4 is 38.2 Å². The Balaban J connectivity index is 1.62. The summed E-state index contributed by atoms with van der Waals surface area (Å²) in [4.78, 5) is 26.2. The number of aryl methyl sites for hydroxylation is 2. The lowest BCUT2D eigenvalue weighted by atomic mass is 10.1. The molecule has 0 spiro atoms. The summed E-state index contributed by atoms with van der Waals surface area (Å²) in [6.45, 7) is 4.01. The second kappa shape index (κ2) is 5.72. The number of Topliss-reactive ketones (excluding diaryl/α,β-unsaturated/α-hetero) is 1. The van der Waals surface area contributed by atoms with E-state index >= 15 is 0 Å². The lowest BCUT2D eigenvalue weighted by Gasteiger charge is -2.06. The molecule has 6 heteroatoms. The molecule has 0 unspecified atom stereocenters. The number of fused-ring (bicyclic) bond motifs is 2. The maximum Gasteiger partial charge on any atom is 0.226 e. The van der Waals surface area contributed by atoms with Gasteiger partial charge in [0.1, 0.15) is 11.2 Å². The largest absolute Gasteiger partial charge is 0.469 e. The van der Waals surface area contributed by atoms with Crippen LogP contribution >= 0.6 is 11.3 Å². The van der Waals surface area contributed by atoms with E-state index in [2.05, 4.69) is 15.0 Å². The van der Waals surface area contributed by atoms with Crippen LogP contribution in [0.15, 0.2) is 36.8 Å². The summed E-state index contributed by atoms with van der Waals surface area (Å²) in [6.07, 6.45) is 3.20. The SMILES string of the molecule is Cc1sc2ncnc(OCC(=O)c3c[nH]c4ccccc34)c2c1C. The molecule has 120 valence electrons. The molecule has 3 heterocycles. The van der Waals surface area contributed by atoms with Crippen molar-refractivity contribution in [3.63, 3.8) is 0 Å². The predicted molar refractivity (Wildman–Crippen MR) is 95.0 cm³/mol. The van der Waals surface area contributed by atoms with Gasteiger partial charge in [0.2, 0.25) is 11.7 Å². The van der Waals surface area contributed by atoms with Crippen LogP contribution in [0.5, 0.6) is 5.88 Å². The molecule has 1 aromatic carbocycles. The zero-order valence-corrected chi connectivity index (χ0v) is 14.1. The Morgan fingerprint density at radius 3 is 2.96 bits per heavy atom. The summed E-state index contributed by atoms with van der Waals surface area (Å²) in [7, 11) is 0. The van der Waals surface area contributed by atoms with Crippen molar-refractivity contribution in [3.8, 4) is 5.88 Å². The van der Waals surface area contributed by atoms with Gasteiger partial charge in [-0.2, -0.15) is 0 Å². The molecule has 0 aliphatic heterocycles. The highest BCUT2D eigenvalue weighted by Crippen LogP contribution is 2.33. The van der Waals surface area contributed by atoms with E-state index in [4.69, 9.17) is 4.74 Å². The maximum absolute atomic E-state index is 12.5. The third-order valence-electron chi connectivity index (χ3n) is 4.16. The molecule has 0 bridgehead atoms. The second-order valence-electron chi connectivity index (χ2n) is 5.60. The number of hydrogen-bond acceptors (Lipinski definition) is 5. The summed E-state index contributed by atoms with van der Waals surface area (Å²) >= 11 is 1.61. The van der Waals surface area contributed by atoms with Gasteiger partial charge in [0, 0.05) is 27.5 Å². The maximum atomic E-state index is 12.5. The molecule has 0 fully saturated rings. The minimum atomic E-state index is -0.0798. The zero-order valence-electron chi connectivity index (χ0n) is 13.3. The van der Waals surface area contributed by atoms with E-state index in [-0.39, 0.29) is 12.4 Å². The normalized spacial score (nSPS) is 11.2. The van der Waals surface area contributed by atoms with Crippen LogP contribution in [0.1, 0.15) is 20.8 Å². The fraction of sp³-hybridized carbons (Fsp3) is 0.167. The molecule has 5 nitrogen and oxygen atoms in total. The van der Waals surface area contributed by atoms with Crippen LogP contribution in [0.25, 0.3) is 21.1 Å². The van der Waals surface area contributed by atoms with Gasteiger partial charge in [-0.05, 0) is 25.5 Å². The summed E-state index contributed by atoms with van der Waals surface area (Å²) in [5.41, 5.74) is 2.67. The van der Waals surface area contributed by atoms with Gasteiger partial charge in [0.05, 0.1) is 5.39 Å². The molecule has 0 aliphatic carbocycles. The van der Waals surface area contributed by atoms with Crippen LogP contribution in [-0.2, 0) is 0 Å². The van der Waals surface area contributed by atoms with Crippen LogP contribution in [0, 0.1) is 13.8 Å². The van der Waals surface area contributed by atoms with E-state index in [1.165, 1.54) is 11.2 Å². The minimum Gasteiger partial charge on any atom is -0.469 e. The number of thiophene rings is 1. The Kier molecular flexibility index (Phi) is 3.54. The number of carbonyl (C=O) groups is 1. The molecule has 0 saturated carbocycles. The Morgan fingerprint density at radius 2 is 2.08 bits per heavy atom. The number of H-pyrrole nitrogens is 1. The van der Waals surface area contributed by atoms with Crippen molar-refractivity contribution in [2.75, 3.05) is 6.61 Å². The topological polar surface area (TPSA) is 67.9 Å². The fourth-order valence-corrected chi connectivity index (χ4v) is 3.76. The molecule has 0 aliphatic rings. The molecular weight excluding hydrogens is 322 g/mol. The molecule has 24 heavy (non-hydrogen) atoms. The monoisotopic (exact) mass is 337 g/mol. The van der Waals surface area contributed by atoms with Gasteiger partial charge in [0.25, 0.3) is 0 Å². The molecule has 3 aromatic heterocycles.